The highest BCUT2D eigenvalue weighted by molar-refractivity contribution is 6.04. The van der Waals surface area contributed by atoms with Gasteiger partial charge in [-0.2, -0.15) is 0 Å². The fourth-order valence-corrected chi connectivity index (χ4v) is 3.44. The number of para-hydroxylation sites is 1. The molecule has 4 aromatic carbocycles. The zero-order valence-corrected chi connectivity index (χ0v) is 17.7. The lowest BCUT2D eigenvalue weighted by molar-refractivity contribution is -0.122. The van der Waals surface area contributed by atoms with Crippen LogP contribution >= 0.6 is 0 Å². The minimum absolute atomic E-state index is 0.257. The molecule has 0 aliphatic carbocycles. The van der Waals surface area contributed by atoms with E-state index in [9.17, 15) is 9.59 Å². The second-order valence-electron chi connectivity index (χ2n) is 7.44. The number of amides is 2. The number of carbonyl (C=O) groups is 2. The van der Waals surface area contributed by atoms with Gasteiger partial charge in [0.2, 0.25) is 0 Å². The molecule has 2 amide bonds. The van der Waals surface area contributed by atoms with E-state index < -0.39 is 6.10 Å². The number of nitrogens with one attached hydrogen (secondary N) is 2. The molecule has 4 rings (SSSR count). The summed E-state index contributed by atoms with van der Waals surface area (Å²) in [5, 5.41) is 7.71. The second-order valence-corrected chi connectivity index (χ2v) is 7.44. The predicted molar refractivity (Wildman–Crippen MR) is 127 cm³/mol. The minimum Gasteiger partial charge on any atom is -0.480 e. The van der Waals surface area contributed by atoms with Gasteiger partial charge in [0.1, 0.15) is 5.75 Å². The van der Waals surface area contributed by atoms with E-state index >= 15 is 0 Å². The normalized spacial score (nSPS) is 11.5. The predicted octanol–water partition coefficient (Wildman–Crippen LogP) is 5.18. The molecule has 0 saturated heterocycles. The average molecular weight is 425 g/mol. The Kier molecular flexibility index (Phi) is 6.46. The summed E-state index contributed by atoms with van der Waals surface area (Å²) in [4.78, 5) is 25.6. The lowest BCUT2D eigenvalue weighted by Crippen LogP contribution is -2.31. The van der Waals surface area contributed by atoms with Crippen LogP contribution in [0, 0.1) is 0 Å². The highest BCUT2D eigenvalue weighted by Crippen LogP contribution is 2.26. The molecule has 5 heteroatoms. The van der Waals surface area contributed by atoms with E-state index in [-0.39, 0.29) is 11.8 Å². The van der Waals surface area contributed by atoms with Gasteiger partial charge >= 0.3 is 0 Å². The lowest BCUT2D eigenvalue weighted by Gasteiger charge is -2.17. The van der Waals surface area contributed by atoms with E-state index in [1.165, 1.54) is 0 Å². The van der Waals surface area contributed by atoms with E-state index in [0.717, 1.165) is 16.3 Å². The fourth-order valence-electron chi connectivity index (χ4n) is 3.44. The number of rotatable bonds is 7. The quantitative estimate of drug-likeness (QED) is 0.430. The Balaban J connectivity index is 1.44. The molecule has 160 valence electrons. The van der Waals surface area contributed by atoms with Crippen LogP contribution in [-0.2, 0) is 11.3 Å². The number of ether oxygens (including phenoxy) is 1. The zero-order chi connectivity index (χ0) is 22.3. The number of carbonyl (C=O) groups excluding carboxylic acids is 2. The zero-order valence-electron chi connectivity index (χ0n) is 17.7. The number of fused-ring (bicyclic) bond motifs is 1. The van der Waals surface area contributed by atoms with Gasteiger partial charge in [-0.1, -0.05) is 78.9 Å². The highest BCUT2D eigenvalue weighted by atomic mass is 16.5. The Morgan fingerprint density at radius 1 is 0.812 bits per heavy atom. The van der Waals surface area contributed by atoms with Crippen molar-refractivity contribution in [1.29, 1.82) is 0 Å². The molecule has 0 bridgehead atoms. The molecule has 0 unspecified atom stereocenters. The number of hydrogen-bond acceptors (Lipinski definition) is 3. The van der Waals surface area contributed by atoms with Crippen molar-refractivity contribution in [1.82, 2.24) is 5.32 Å². The monoisotopic (exact) mass is 424 g/mol. The van der Waals surface area contributed by atoms with Gasteiger partial charge in [-0.3, -0.25) is 9.59 Å². The van der Waals surface area contributed by atoms with Gasteiger partial charge in [-0.05, 0) is 36.1 Å². The first-order valence-electron chi connectivity index (χ1n) is 10.5. The first-order chi connectivity index (χ1) is 15.6. The Bertz CT molecular complexity index is 1230. The standard InChI is InChI=1S/C27H24N2O3/c1-19(32-25-17-9-13-21-12-5-6-14-22(21)25)26(30)29-24-16-8-7-15-23(24)27(31)28-18-20-10-3-2-4-11-20/h2-17,19H,18H2,1H3,(H,28,31)(H,29,30)/t19-/m0/s1. The molecule has 4 aromatic rings. The molecule has 0 aliphatic heterocycles. The van der Waals surface area contributed by atoms with Crippen LogP contribution in [0.1, 0.15) is 22.8 Å². The number of benzene rings is 4. The summed E-state index contributed by atoms with van der Waals surface area (Å²) < 4.78 is 5.95. The third kappa shape index (κ3) is 4.95. The van der Waals surface area contributed by atoms with Crippen molar-refractivity contribution in [3.05, 3.63) is 108 Å². The van der Waals surface area contributed by atoms with Gasteiger partial charge in [0.25, 0.3) is 11.8 Å². The van der Waals surface area contributed by atoms with E-state index in [1.807, 2.05) is 72.8 Å². The maximum absolute atomic E-state index is 12.8. The van der Waals surface area contributed by atoms with Crippen molar-refractivity contribution in [3.8, 4) is 5.75 Å². The Morgan fingerprint density at radius 2 is 1.50 bits per heavy atom. The van der Waals surface area contributed by atoms with E-state index in [0.29, 0.717) is 23.5 Å². The Morgan fingerprint density at radius 3 is 2.34 bits per heavy atom. The molecule has 0 aromatic heterocycles. The average Bonchev–Trinajstić information content (AvgIpc) is 2.83. The SMILES string of the molecule is C[C@H](Oc1cccc2ccccc12)C(=O)Nc1ccccc1C(=O)NCc1ccccc1. The first kappa shape index (κ1) is 21.1. The summed E-state index contributed by atoms with van der Waals surface area (Å²) in [5.41, 5.74) is 1.84. The minimum atomic E-state index is -0.749. The highest BCUT2D eigenvalue weighted by Gasteiger charge is 2.19. The molecule has 0 radical (unpaired) electrons. The molecular weight excluding hydrogens is 400 g/mol. The number of anilines is 1. The van der Waals surface area contributed by atoms with Crippen LogP contribution in [0.25, 0.3) is 10.8 Å². The maximum Gasteiger partial charge on any atom is 0.265 e. The van der Waals surface area contributed by atoms with Gasteiger partial charge in [0.15, 0.2) is 6.10 Å². The van der Waals surface area contributed by atoms with Crippen LogP contribution in [-0.4, -0.2) is 17.9 Å². The van der Waals surface area contributed by atoms with Gasteiger partial charge in [0.05, 0.1) is 11.3 Å². The topological polar surface area (TPSA) is 67.4 Å². The van der Waals surface area contributed by atoms with Crippen molar-refractivity contribution >= 4 is 28.3 Å². The van der Waals surface area contributed by atoms with Crippen LogP contribution in [0.4, 0.5) is 5.69 Å². The lowest BCUT2D eigenvalue weighted by atomic mass is 10.1. The van der Waals surface area contributed by atoms with Gasteiger partial charge in [-0.25, -0.2) is 0 Å². The van der Waals surface area contributed by atoms with Crippen LogP contribution in [0.15, 0.2) is 97.1 Å². The number of hydrogen-bond donors (Lipinski definition) is 2. The summed E-state index contributed by atoms with van der Waals surface area (Å²) >= 11 is 0. The Hall–Kier alpha value is -4.12. The van der Waals surface area contributed by atoms with Crippen molar-refractivity contribution in [2.75, 3.05) is 5.32 Å². The molecule has 1 atom stereocenters. The van der Waals surface area contributed by atoms with Crippen molar-refractivity contribution < 1.29 is 14.3 Å². The summed E-state index contributed by atoms with van der Waals surface area (Å²) in [7, 11) is 0. The second kappa shape index (κ2) is 9.79. The molecular formula is C27H24N2O3. The van der Waals surface area contributed by atoms with Crippen molar-refractivity contribution in [2.45, 2.75) is 19.6 Å². The molecule has 0 aliphatic rings. The van der Waals surface area contributed by atoms with E-state index in [1.54, 1.807) is 31.2 Å². The molecule has 32 heavy (non-hydrogen) atoms. The molecule has 5 nitrogen and oxygen atoms in total. The third-order valence-corrected chi connectivity index (χ3v) is 5.15. The molecule has 0 heterocycles. The van der Waals surface area contributed by atoms with Gasteiger partial charge in [0, 0.05) is 11.9 Å². The largest absolute Gasteiger partial charge is 0.480 e. The molecule has 0 spiro atoms. The molecule has 2 N–H and O–H groups in total. The van der Waals surface area contributed by atoms with E-state index in [4.69, 9.17) is 4.74 Å². The van der Waals surface area contributed by atoms with Crippen LogP contribution in [0.5, 0.6) is 5.75 Å². The summed E-state index contributed by atoms with van der Waals surface area (Å²) in [6, 6.07) is 30.2. The Labute approximate surface area is 187 Å². The van der Waals surface area contributed by atoms with Gasteiger partial charge in [-0.15, -0.1) is 0 Å². The molecule has 0 fully saturated rings. The fraction of sp³-hybridized carbons (Fsp3) is 0.111. The van der Waals surface area contributed by atoms with Crippen molar-refractivity contribution in [2.24, 2.45) is 0 Å². The summed E-state index contributed by atoms with van der Waals surface area (Å²) in [6.45, 7) is 2.09. The van der Waals surface area contributed by atoms with Crippen LogP contribution in [0.2, 0.25) is 0 Å². The van der Waals surface area contributed by atoms with E-state index in [2.05, 4.69) is 10.6 Å². The third-order valence-electron chi connectivity index (χ3n) is 5.15. The van der Waals surface area contributed by atoms with Crippen LogP contribution < -0.4 is 15.4 Å². The maximum atomic E-state index is 12.8. The van der Waals surface area contributed by atoms with Gasteiger partial charge < -0.3 is 15.4 Å². The first-order valence-corrected chi connectivity index (χ1v) is 10.5. The summed E-state index contributed by atoms with van der Waals surface area (Å²) in [5.74, 6) is 0.0493. The summed E-state index contributed by atoms with van der Waals surface area (Å²) in [6.07, 6.45) is -0.749. The van der Waals surface area contributed by atoms with Crippen molar-refractivity contribution in [3.63, 3.8) is 0 Å². The smallest absolute Gasteiger partial charge is 0.265 e. The van der Waals surface area contributed by atoms with Crippen LogP contribution in [0.3, 0.4) is 0 Å². The molecule has 0 saturated carbocycles.